The number of aliphatic imine (C=N–C) groups is 1. The molecule has 0 aromatic rings. The largest absolute Gasteiger partial charge is 0.353 e. The first-order chi connectivity index (χ1) is 9.58. The topological polar surface area (TPSA) is 78.8 Å². The summed E-state index contributed by atoms with van der Waals surface area (Å²) in [6.07, 6.45) is 0. The molecule has 20 heavy (non-hydrogen) atoms. The van der Waals surface area contributed by atoms with Crippen LogP contribution in [0.5, 0.6) is 0 Å². The first kappa shape index (κ1) is 15.7. The third kappa shape index (κ3) is 4.16. The number of nitrogens with one attached hydrogen (secondary N) is 1. The van der Waals surface area contributed by atoms with E-state index < -0.39 is 0 Å². The molecule has 1 N–H and O–H groups in total. The first-order valence-electron chi connectivity index (χ1n) is 6.16. The van der Waals surface area contributed by atoms with E-state index in [1.807, 2.05) is 6.92 Å². The maximum atomic E-state index is 11.9. The number of nitrogens with zero attached hydrogens (tertiary/aromatic N) is 2. The van der Waals surface area contributed by atoms with Gasteiger partial charge in [0.2, 0.25) is 11.8 Å². The van der Waals surface area contributed by atoms with Crippen molar-refractivity contribution in [2.45, 2.75) is 12.2 Å². The third-order valence-electron chi connectivity index (χ3n) is 2.68. The summed E-state index contributed by atoms with van der Waals surface area (Å²) in [4.78, 5) is 40.1. The molecule has 0 aromatic carbocycles. The molecule has 0 aliphatic carbocycles. The average molecular weight is 333 g/mol. The highest BCUT2D eigenvalue weighted by atomic mass is 32.2. The zero-order valence-electron chi connectivity index (χ0n) is 11.0. The van der Waals surface area contributed by atoms with Crippen molar-refractivity contribution in [3.05, 3.63) is 0 Å². The number of thioether (sulfide) groups is 3. The van der Waals surface area contributed by atoms with Crippen LogP contribution in [0.2, 0.25) is 0 Å². The van der Waals surface area contributed by atoms with E-state index >= 15 is 0 Å². The second-order valence-electron chi connectivity index (χ2n) is 4.15. The van der Waals surface area contributed by atoms with Crippen LogP contribution >= 0.6 is 35.3 Å². The monoisotopic (exact) mass is 333 g/mol. The van der Waals surface area contributed by atoms with Gasteiger partial charge in [0.05, 0.1) is 17.5 Å². The number of imide groups is 1. The van der Waals surface area contributed by atoms with E-state index in [0.717, 1.165) is 28.4 Å². The molecule has 2 aliphatic heterocycles. The van der Waals surface area contributed by atoms with Crippen molar-refractivity contribution in [2.24, 2.45) is 4.99 Å². The molecule has 2 aliphatic rings. The Hall–Kier alpha value is -0.670. The highest BCUT2D eigenvalue weighted by Gasteiger charge is 2.29. The van der Waals surface area contributed by atoms with Gasteiger partial charge in [0.25, 0.3) is 5.24 Å². The number of rotatable bonds is 5. The maximum Gasteiger partial charge on any atom is 0.288 e. The SMILES string of the molecule is C[C@@H](SC1=NCCS1)C(=O)NCCN1C(=O)CSC1=O. The minimum Gasteiger partial charge on any atom is -0.353 e. The van der Waals surface area contributed by atoms with Crippen molar-refractivity contribution in [1.82, 2.24) is 10.2 Å². The van der Waals surface area contributed by atoms with Gasteiger partial charge >= 0.3 is 0 Å². The predicted molar refractivity (Wildman–Crippen MR) is 84.4 cm³/mol. The first-order valence-corrected chi connectivity index (χ1v) is 9.02. The Bertz CT molecular complexity index is 439. The van der Waals surface area contributed by atoms with Gasteiger partial charge in [0.1, 0.15) is 4.38 Å². The highest BCUT2D eigenvalue weighted by molar-refractivity contribution is 8.39. The lowest BCUT2D eigenvalue weighted by Gasteiger charge is -2.15. The van der Waals surface area contributed by atoms with E-state index in [-0.39, 0.29) is 34.6 Å². The lowest BCUT2D eigenvalue weighted by molar-refractivity contribution is -0.125. The van der Waals surface area contributed by atoms with Crippen molar-refractivity contribution in [3.63, 3.8) is 0 Å². The van der Waals surface area contributed by atoms with E-state index in [0.29, 0.717) is 6.54 Å². The van der Waals surface area contributed by atoms with Gasteiger partial charge in [-0.3, -0.25) is 24.3 Å². The molecule has 0 aromatic heterocycles. The summed E-state index contributed by atoms with van der Waals surface area (Å²) in [6.45, 7) is 3.17. The number of amides is 3. The summed E-state index contributed by atoms with van der Waals surface area (Å²) < 4.78 is 0.953. The van der Waals surface area contributed by atoms with E-state index in [1.165, 1.54) is 16.7 Å². The summed E-state index contributed by atoms with van der Waals surface area (Å²) in [5.74, 6) is 0.897. The van der Waals surface area contributed by atoms with E-state index in [9.17, 15) is 14.4 Å². The fourth-order valence-electron chi connectivity index (χ4n) is 1.62. The Morgan fingerprint density at radius 3 is 2.90 bits per heavy atom. The van der Waals surface area contributed by atoms with Crippen LogP contribution in [-0.2, 0) is 9.59 Å². The van der Waals surface area contributed by atoms with Crippen LogP contribution in [0.3, 0.4) is 0 Å². The lowest BCUT2D eigenvalue weighted by Crippen LogP contribution is -2.39. The van der Waals surface area contributed by atoms with Gasteiger partial charge in [-0.2, -0.15) is 0 Å². The minimum absolute atomic E-state index is 0.100. The van der Waals surface area contributed by atoms with Gasteiger partial charge in [-0.1, -0.05) is 35.3 Å². The van der Waals surface area contributed by atoms with Crippen LogP contribution in [0.4, 0.5) is 4.79 Å². The molecule has 2 heterocycles. The Balaban J connectivity index is 1.69. The highest BCUT2D eigenvalue weighted by Crippen LogP contribution is 2.25. The molecule has 0 bridgehead atoms. The fourth-order valence-corrected chi connectivity index (χ4v) is 4.53. The van der Waals surface area contributed by atoms with Crippen molar-refractivity contribution in [3.8, 4) is 0 Å². The summed E-state index contributed by atoms with van der Waals surface area (Å²) >= 11 is 4.12. The molecular formula is C11H15N3O3S3. The van der Waals surface area contributed by atoms with E-state index in [2.05, 4.69) is 10.3 Å². The normalized spacial score (nSPS) is 20.2. The van der Waals surface area contributed by atoms with Crippen LogP contribution in [-0.4, -0.2) is 62.7 Å². The fraction of sp³-hybridized carbons (Fsp3) is 0.636. The molecule has 0 radical (unpaired) electrons. The van der Waals surface area contributed by atoms with Gasteiger partial charge in [-0.25, -0.2) is 0 Å². The summed E-state index contributed by atoms with van der Waals surface area (Å²) in [5, 5.41) is 2.29. The number of hydrogen-bond donors (Lipinski definition) is 1. The predicted octanol–water partition coefficient (Wildman–Crippen LogP) is 1.02. The molecule has 6 nitrogen and oxygen atoms in total. The Morgan fingerprint density at radius 1 is 1.50 bits per heavy atom. The molecule has 3 amide bonds. The molecule has 9 heteroatoms. The molecule has 1 atom stereocenters. The molecular weight excluding hydrogens is 318 g/mol. The molecule has 110 valence electrons. The third-order valence-corrected chi connectivity index (χ3v) is 5.84. The molecule has 2 rings (SSSR count). The smallest absolute Gasteiger partial charge is 0.288 e. The Kier molecular flexibility index (Phi) is 5.79. The van der Waals surface area contributed by atoms with Gasteiger partial charge in [0, 0.05) is 18.8 Å². The van der Waals surface area contributed by atoms with E-state index in [4.69, 9.17) is 0 Å². The van der Waals surface area contributed by atoms with Gasteiger partial charge in [-0.15, -0.1) is 0 Å². The van der Waals surface area contributed by atoms with E-state index in [1.54, 1.807) is 11.8 Å². The lowest BCUT2D eigenvalue weighted by atomic mass is 10.4. The number of carbonyl (C=O) groups excluding carboxylic acids is 3. The minimum atomic E-state index is -0.233. The molecule has 1 saturated heterocycles. The van der Waals surface area contributed by atoms with Gasteiger partial charge in [-0.05, 0) is 6.92 Å². The van der Waals surface area contributed by atoms with Crippen molar-refractivity contribution in [1.29, 1.82) is 0 Å². The molecule has 0 unspecified atom stereocenters. The van der Waals surface area contributed by atoms with Crippen LogP contribution < -0.4 is 5.32 Å². The zero-order chi connectivity index (χ0) is 14.5. The maximum absolute atomic E-state index is 11.9. The summed E-state index contributed by atoms with van der Waals surface area (Å²) in [5.41, 5.74) is 0. The zero-order valence-corrected chi connectivity index (χ0v) is 13.4. The summed E-state index contributed by atoms with van der Waals surface area (Å²) in [6, 6.07) is 0. The van der Waals surface area contributed by atoms with Crippen molar-refractivity contribution in [2.75, 3.05) is 31.1 Å². The average Bonchev–Trinajstić information content (AvgIpc) is 3.02. The standard InChI is InChI=1S/C11H15N3O3S3/c1-7(20-10-13-3-5-18-10)9(16)12-2-4-14-8(15)6-19-11(14)17/h7H,2-6H2,1H3,(H,12,16)/t7-/m1/s1. The number of carbonyl (C=O) groups is 3. The van der Waals surface area contributed by atoms with Crippen LogP contribution in [0.15, 0.2) is 4.99 Å². The van der Waals surface area contributed by atoms with Crippen molar-refractivity contribution < 1.29 is 14.4 Å². The second kappa shape index (κ2) is 7.37. The van der Waals surface area contributed by atoms with Gasteiger partial charge in [0.15, 0.2) is 0 Å². The molecule has 1 fully saturated rings. The van der Waals surface area contributed by atoms with Gasteiger partial charge < -0.3 is 5.32 Å². The molecule has 0 saturated carbocycles. The van der Waals surface area contributed by atoms with Crippen molar-refractivity contribution >= 4 is 56.7 Å². The Morgan fingerprint density at radius 2 is 2.30 bits per heavy atom. The van der Waals surface area contributed by atoms with Crippen LogP contribution in [0.1, 0.15) is 6.92 Å². The summed E-state index contributed by atoms with van der Waals surface area (Å²) in [7, 11) is 0. The number of hydrogen-bond acceptors (Lipinski definition) is 7. The van der Waals surface area contributed by atoms with Crippen LogP contribution in [0.25, 0.3) is 0 Å². The second-order valence-corrected chi connectivity index (χ2v) is 7.75. The van der Waals surface area contributed by atoms with Crippen LogP contribution in [0, 0.1) is 0 Å². The Labute approximate surface area is 129 Å². The molecule has 0 spiro atoms. The quantitative estimate of drug-likeness (QED) is 0.809.